The Morgan fingerprint density at radius 3 is 3.05 bits per heavy atom. The van der Waals surface area contributed by atoms with Crippen LogP contribution in [0.2, 0.25) is 0 Å². The lowest BCUT2D eigenvalue weighted by Crippen LogP contribution is -2.04. The highest BCUT2D eigenvalue weighted by molar-refractivity contribution is 7.99. The Bertz CT molecular complexity index is 601. The van der Waals surface area contributed by atoms with E-state index in [0.717, 1.165) is 21.2 Å². The van der Waals surface area contributed by atoms with E-state index in [0.29, 0.717) is 18.8 Å². The largest absolute Gasteiger partial charge is 0.497 e. The van der Waals surface area contributed by atoms with Crippen molar-refractivity contribution >= 4 is 29.3 Å². The van der Waals surface area contributed by atoms with Gasteiger partial charge in [0.2, 0.25) is 0 Å². The first-order valence-electron chi connectivity index (χ1n) is 6.49. The molecule has 0 aliphatic carbocycles. The van der Waals surface area contributed by atoms with Crippen molar-refractivity contribution in [3.8, 4) is 16.2 Å². The highest BCUT2D eigenvalue weighted by atomic mass is 32.2. The summed E-state index contributed by atoms with van der Waals surface area (Å²) in [5.74, 6) is 1.24. The molecule has 0 aliphatic heterocycles. The van der Waals surface area contributed by atoms with Gasteiger partial charge in [-0.05, 0) is 36.2 Å². The van der Waals surface area contributed by atoms with Crippen molar-refractivity contribution in [1.29, 1.82) is 0 Å². The molecule has 0 fully saturated rings. The predicted octanol–water partition coefficient (Wildman–Crippen LogP) is 3.26. The molecule has 0 bridgehead atoms. The Morgan fingerprint density at radius 2 is 2.29 bits per heavy atom. The summed E-state index contributed by atoms with van der Waals surface area (Å²) in [4.78, 5) is 12.3. The normalized spacial score (nSPS) is 10.4. The molecule has 7 heteroatoms. The summed E-state index contributed by atoms with van der Waals surface area (Å²) in [5.41, 5.74) is 1.02. The first-order valence-corrected chi connectivity index (χ1v) is 8.25. The van der Waals surface area contributed by atoms with E-state index < -0.39 is 0 Å². The molecule has 0 amide bonds. The van der Waals surface area contributed by atoms with Crippen LogP contribution < -0.4 is 4.74 Å². The highest BCUT2D eigenvalue weighted by Gasteiger charge is 2.12. The van der Waals surface area contributed by atoms with Crippen molar-refractivity contribution in [1.82, 2.24) is 9.59 Å². The van der Waals surface area contributed by atoms with Crippen LogP contribution in [0.4, 0.5) is 0 Å². The van der Waals surface area contributed by atoms with Crippen molar-refractivity contribution in [2.75, 3.05) is 19.5 Å². The fourth-order valence-corrected chi connectivity index (χ4v) is 3.39. The molecule has 0 unspecified atom stereocenters. The van der Waals surface area contributed by atoms with E-state index >= 15 is 0 Å². The maximum Gasteiger partial charge on any atom is 0.306 e. The Morgan fingerprint density at radius 1 is 1.43 bits per heavy atom. The highest BCUT2D eigenvalue weighted by Crippen LogP contribution is 2.34. The molecule has 0 N–H and O–H groups in total. The fourth-order valence-electron chi connectivity index (χ4n) is 1.68. The number of esters is 1. The van der Waals surface area contributed by atoms with Crippen molar-refractivity contribution < 1.29 is 14.3 Å². The topological polar surface area (TPSA) is 61.3 Å². The van der Waals surface area contributed by atoms with Crippen LogP contribution in [-0.2, 0) is 9.53 Å². The van der Waals surface area contributed by atoms with E-state index in [1.54, 1.807) is 14.0 Å². The van der Waals surface area contributed by atoms with Gasteiger partial charge in [0, 0.05) is 5.75 Å². The third kappa shape index (κ3) is 4.44. The summed E-state index contributed by atoms with van der Waals surface area (Å²) in [6, 6.07) is 7.77. The monoisotopic (exact) mass is 324 g/mol. The molecule has 1 aromatic heterocycles. The molecule has 2 rings (SSSR count). The molecule has 0 saturated heterocycles. The summed E-state index contributed by atoms with van der Waals surface area (Å²) < 4.78 is 14.1. The van der Waals surface area contributed by atoms with Gasteiger partial charge in [-0.1, -0.05) is 16.6 Å². The van der Waals surface area contributed by atoms with Gasteiger partial charge in [-0.3, -0.25) is 4.79 Å². The minimum absolute atomic E-state index is 0.184. The predicted molar refractivity (Wildman–Crippen MR) is 83.9 cm³/mol. The van der Waals surface area contributed by atoms with Crippen LogP contribution in [0.25, 0.3) is 10.4 Å². The van der Waals surface area contributed by atoms with Gasteiger partial charge in [0.05, 0.1) is 25.0 Å². The third-order valence-corrected chi connectivity index (χ3v) is 4.51. The second-order valence-electron chi connectivity index (χ2n) is 4.04. The molecule has 0 spiro atoms. The lowest BCUT2D eigenvalue weighted by Gasteiger charge is -2.04. The zero-order chi connectivity index (χ0) is 15.1. The summed E-state index contributed by atoms with van der Waals surface area (Å²) in [6.45, 7) is 2.22. The van der Waals surface area contributed by atoms with E-state index in [-0.39, 0.29) is 5.97 Å². The number of hydrogen-bond acceptors (Lipinski definition) is 7. The molecule has 0 radical (unpaired) electrons. The molecule has 1 aromatic carbocycles. The molecule has 0 saturated carbocycles. The van der Waals surface area contributed by atoms with Crippen LogP contribution >= 0.6 is 23.3 Å². The summed E-state index contributed by atoms with van der Waals surface area (Å²) in [7, 11) is 1.64. The molecule has 1 heterocycles. The Hall–Kier alpha value is -1.60. The number of nitrogens with zero attached hydrogens (tertiary/aromatic N) is 2. The van der Waals surface area contributed by atoms with Gasteiger partial charge in [-0.2, -0.15) is 0 Å². The smallest absolute Gasteiger partial charge is 0.306 e. The molecular weight excluding hydrogens is 308 g/mol. The SMILES string of the molecule is CCOC(=O)CCSc1nnsc1-c1cccc(OC)c1. The standard InChI is InChI=1S/C14H16N2O3S2/c1-3-19-12(17)7-8-20-14-13(21-16-15-14)10-5-4-6-11(9-10)18-2/h4-6,9H,3,7-8H2,1-2H3. The van der Waals surface area contributed by atoms with Crippen molar-refractivity contribution in [3.63, 3.8) is 0 Å². The van der Waals surface area contributed by atoms with Gasteiger partial charge in [-0.15, -0.1) is 16.9 Å². The Balaban J connectivity index is 2.03. The second-order valence-corrected chi connectivity index (χ2v) is 5.88. The molecule has 5 nitrogen and oxygen atoms in total. The minimum Gasteiger partial charge on any atom is -0.497 e. The van der Waals surface area contributed by atoms with Crippen LogP contribution in [0.5, 0.6) is 5.75 Å². The number of hydrogen-bond donors (Lipinski definition) is 0. The number of aromatic nitrogens is 2. The van der Waals surface area contributed by atoms with E-state index in [4.69, 9.17) is 9.47 Å². The molecule has 112 valence electrons. The number of carbonyl (C=O) groups is 1. The number of benzene rings is 1. The van der Waals surface area contributed by atoms with Crippen LogP contribution in [0, 0.1) is 0 Å². The molecule has 2 aromatic rings. The van der Waals surface area contributed by atoms with Gasteiger partial charge < -0.3 is 9.47 Å². The Kier molecular flexibility index (Phi) is 6.01. The number of methoxy groups -OCH3 is 1. The lowest BCUT2D eigenvalue weighted by molar-refractivity contribution is -0.142. The molecular formula is C14H16N2O3S2. The summed E-state index contributed by atoms with van der Waals surface area (Å²) in [6.07, 6.45) is 0.369. The van der Waals surface area contributed by atoms with E-state index in [1.165, 1.54) is 23.3 Å². The van der Waals surface area contributed by atoms with Crippen LogP contribution in [0.1, 0.15) is 13.3 Å². The average Bonchev–Trinajstić information content (AvgIpc) is 2.96. The Labute approximate surface area is 131 Å². The van der Waals surface area contributed by atoms with Crippen molar-refractivity contribution in [3.05, 3.63) is 24.3 Å². The maximum absolute atomic E-state index is 11.3. The fraction of sp³-hybridized carbons (Fsp3) is 0.357. The first-order chi connectivity index (χ1) is 10.2. The first kappa shape index (κ1) is 15.8. The summed E-state index contributed by atoms with van der Waals surface area (Å²) >= 11 is 2.85. The van der Waals surface area contributed by atoms with Gasteiger partial charge in [0.15, 0.2) is 0 Å². The minimum atomic E-state index is -0.184. The number of carbonyl (C=O) groups excluding carboxylic acids is 1. The van der Waals surface area contributed by atoms with E-state index in [9.17, 15) is 4.79 Å². The van der Waals surface area contributed by atoms with E-state index in [1.807, 2.05) is 24.3 Å². The van der Waals surface area contributed by atoms with Gasteiger partial charge in [0.1, 0.15) is 10.8 Å². The van der Waals surface area contributed by atoms with Gasteiger partial charge in [-0.25, -0.2) is 0 Å². The second kappa shape index (κ2) is 7.99. The van der Waals surface area contributed by atoms with Crippen molar-refractivity contribution in [2.45, 2.75) is 18.4 Å². The van der Waals surface area contributed by atoms with E-state index in [2.05, 4.69) is 9.59 Å². The third-order valence-electron chi connectivity index (χ3n) is 2.64. The van der Waals surface area contributed by atoms with Gasteiger partial charge in [0.25, 0.3) is 0 Å². The maximum atomic E-state index is 11.3. The van der Waals surface area contributed by atoms with Gasteiger partial charge >= 0.3 is 5.97 Å². The van der Waals surface area contributed by atoms with Crippen molar-refractivity contribution in [2.24, 2.45) is 0 Å². The molecule has 0 aliphatic rings. The number of rotatable bonds is 7. The number of ether oxygens (including phenoxy) is 2. The molecule has 0 atom stereocenters. The average molecular weight is 324 g/mol. The summed E-state index contributed by atoms with van der Waals surface area (Å²) in [5, 5.41) is 4.96. The van der Waals surface area contributed by atoms with Crippen LogP contribution in [0.3, 0.4) is 0 Å². The lowest BCUT2D eigenvalue weighted by atomic mass is 10.2. The number of thioether (sulfide) groups is 1. The van der Waals surface area contributed by atoms with Crippen LogP contribution in [-0.4, -0.2) is 35.0 Å². The zero-order valence-electron chi connectivity index (χ0n) is 11.9. The quantitative estimate of drug-likeness (QED) is 0.575. The molecule has 21 heavy (non-hydrogen) atoms. The van der Waals surface area contributed by atoms with Crippen LogP contribution in [0.15, 0.2) is 29.3 Å². The zero-order valence-corrected chi connectivity index (χ0v) is 13.5.